The highest BCUT2D eigenvalue weighted by Gasteiger charge is 2.10. The SMILES string of the molecule is Cc1cc(Br)cnc1NC(=O)c1cc(Br)cc(Br)c1. The predicted molar refractivity (Wildman–Crippen MR) is 86.5 cm³/mol. The van der Waals surface area contributed by atoms with Crippen LogP contribution in [0.3, 0.4) is 0 Å². The van der Waals surface area contributed by atoms with Crippen LogP contribution in [0.4, 0.5) is 5.82 Å². The lowest BCUT2D eigenvalue weighted by Crippen LogP contribution is -2.14. The second kappa shape index (κ2) is 6.15. The molecule has 19 heavy (non-hydrogen) atoms. The minimum atomic E-state index is -0.195. The molecule has 0 saturated carbocycles. The average molecular weight is 449 g/mol. The summed E-state index contributed by atoms with van der Waals surface area (Å²) in [4.78, 5) is 16.3. The van der Waals surface area contributed by atoms with Crippen molar-refractivity contribution in [1.82, 2.24) is 4.98 Å². The fourth-order valence-electron chi connectivity index (χ4n) is 1.54. The van der Waals surface area contributed by atoms with Crippen LogP contribution in [0, 0.1) is 6.92 Å². The number of amides is 1. The molecule has 0 aliphatic rings. The third-order valence-corrected chi connectivity index (χ3v) is 3.75. The summed E-state index contributed by atoms with van der Waals surface area (Å²) in [5.41, 5.74) is 1.46. The maximum Gasteiger partial charge on any atom is 0.256 e. The summed E-state index contributed by atoms with van der Waals surface area (Å²) in [6.45, 7) is 1.89. The van der Waals surface area contributed by atoms with Gasteiger partial charge in [0.2, 0.25) is 0 Å². The highest BCUT2D eigenvalue weighted by atomic mass is 79.9. The Balaban J connectivity index is 2.25. The molecule has 1 N–H and O–H groups in total. The van der Waals surface area contributed by atoms with E-state index in [2.05, 4.69) is 58.1 Å². The fourth-order valence-corrected chi connectivity index (χ4v) is 3.28. The van der Waals surface area contributed by atoms with Gasteiger partial charge in [0.1, 0.15) is 5.82 Å². The van der Waals surface area contributed by atoms with Crippen LogP contribution in [0.25, 0.3) is 0 Å². The first-order valence-corrected chi connectivity index (χ1v) is 7.73. The van der Waals surface area contributed by atoms with Crippen molar-refractivity contribution in [2.24, 2.45) is 0 Å². The Morgan fingerprint density at radius 2 is 1.68 bits per heavy atom. The highest BCUT2D eigenvalue weighted by Crippen LogP contribution is 2.22. The number of pyridine rings is 1. The molecule has 0 saturated heterocycles. The van der Waals surface area contributed by atoms with Gasteiger partial charge in [0.05, 0.1) is 0 Å². The minimum absolute atomic E-state index is 0.195. The van der Waals surface area contributed by atoms with Gasteiger partial charge in [-0.2, -0.15) is 0 Å². The number of carbonyl (C=O) groups is 1. The quantitative estimate of drug-likeness (QED) is 0.707. The largest absolute Gasteiger partial charge is 0.306 e. The second-order valence-electron chi connectivity index (χ2n) is 3.93. The van der Waals surface area contributed by atoms with Crippen molar-refractivity contribution in [2.45, 2.75) is 6.92 Å². The van der Waals surface area contributed by atoms with Crippen molar-refractivity contribution in [1.29, 1.82) is 0 Å². The van der Waals surface area contributed by atoms with Gasteiger partial charge in [0.15, 0.2) is 0 Å². The number of hydrogen-bond acceptors (Lipinski definition) is 2. The summed E-state index contributed by atoms with van der Waals surface area (Å²) in [6, 6.07) is 7.29. The van der Waals surface area contributed by atoms with Crippen molar-refractivity contribution < 1.29 is 4.79 Å². The smallest absolute Gasteiger partial charge is 0.256 e. The monoisotopic (exact) mass is 446 g/mol. The summed E-state index contributed by atoms with van der Waals surface area (Å²) in [5, 5.41) is 2.80. The number of halogens is 3. The van der Waals surface area contributed by atoms with E-state index in [4.69, 9.17) is 0 Å². The van der Waals surface area contributed by atoms with E-state index in [0.717, 1.165) is 19.0 Å². The molecule has 3 nitrogen and oxygen atoms in total. The van der Waals surface area contributed by atoms with Crippen molar-refractivity contribution in [2.75, 3.05) is 5.32 Å². The van der Waals surface area contributed by atoms with E-state index in [9.17, 15) is 4.79 Å². The van der Waals surface area contributed by atoms with Crippen molar-refractivity contribution in [3.05, 3.63) is 55.0 Å². The molecular weight excluding hydrogens is 440 g/mol. The van der Waals surface area contributed by atoms with Gasteiger partial charge < -0.3 is 5.32 Å². The van der Waals surface area contributed by atoms with E-state index < -0.39 is 0 Å². The minimum Gasteiger partial charge on any atom is -0.306 e. The van der Waals surface area contributed by atoms with Crippen LogP contribution in [-0.2, 0) is 0 Å². The Bertz CT molecular complexity index is 624. The number of nitrogens with zero attached hydrogens (tertiary/aromatic N) is 1. The zero-order valence-electron chi connectivity index (χ0n) is 9.88. The Kier molecular flexibility index (Phi) is 4.76. The third-order valence-electron chi connectivity index (χ3n) is 2.40. The van der Waals surface area contributed by atoms with E-state index in [1.807, 2.05) is 19.1 Å². The van der Waals surface area contributed by atoms with Crippen LogP contribution in [0.2, 0.25) is 0 Å². The number of benzene rings is 1. The molecule has 2 aromatic rings. The highest BCUT2D eigenvalue weighted by molar-refractivity contribution is 9.11. The first-order valence-electron chi connectivity index (χ1n) is 5.35. The van der Waals surface area contributed by atoms with Gasteiger partial charge >= 0.3 is 0 Å². The zero-order chi connectivity index (χ0) is 14.0. The normalized spacial score (nSPS) is 10.3. The number of aromatic nitrogens is 1. The fraction of sp³-hybridized carbons (Fsp3) is 0.0769. The Morgan fingerprint density at radius 3 is 2.26 bits per heavy atom. The summed E-state index contributed by atoms with van der Waals surface area (Å²) in [7, 11) is 0. The number of rotatable bonds is 2. The third kappa shape index (κ3) is 3.87. The van der Waals surface area contributed by atoms with E-state index in [0.29, 0.717) is 11.4 Å². The molecule has 0 aliphatic heterocycles. The predicted octanol–water partition coefficient (Wildman–Crippen LogP) is 4.93. The molecule has 98 valence electrons. The first kappa shape index (κ1) is 14.7. The maximum absolute atomic E-state index is 12.2. The molecule has 1 aromatic carbocycles. The molecule has 1 heterocycles. The standard InChI is InChI=1S/C13H9Br3N2O/c1-7-2-11(16)6-17-12(7)18-13(19)8-3-9(14)5-10(15)4-8/h2-6H,1H3,(H,17,18,19). The van der Waals surface area contributed by atoms with E-state index in [1.165, 1.54) is 0 Å². The number of anilines is 1. The lowest BCUT2D eigenvalue weighted by atomic mass is 10.2. The van der Waals surface area contributed by atoms with Crippen LogP contribution in [0.15, 0.2) is 43.9 Å². The van der Waals surface area contributed by atoms with Gasteiger partial charge in [0, 0.05) is 25.2 Å². The van der Waals surface area contributed by atoms with Gasteiger partial charge in [-0.3, -0.25) is 4.79 Å². The molecule has 2 rings (SSSR count). The summed E-state index contributed by atoms with van der Waals surface area (Å²) < 4.78 is 2.56. The van der Waals surface area contributed by atoms with Gasteiger partial charge in [-0.1, -0.05) is 31.9 Å². The van der Waals surface area contributed by atoms with E-state index >= 15 is 0 Å². The Labute approximate surface area is 136 Å². The van der Waals surface area contributed by atoms with Crippen molar-refractivity contribution >= 4 is 59.5 Å². The Morgan fingerprint density at radius 1 is 1.05 bits per heavy atom. The molecule has 0 unspecified atom stereocenters. The van der Waals surface area contributed by atoms with Crippen LogP contribution in [0.5, 0.6) is 0 Å². The summed E-state index contributed by atoms with van der Waals surface area (Å²) in [6.07, 6.45) is 1.65. The molecule has 0 atom stereocenters. The zero-order valence-corrected chi connectivity index (χ0v) is 14.6. The lowest BCUT2D eigenvalue weighted by molar-refractivity contribution is 0.102. The van der Waals surface area contributed by atoms with Crippen LogP contribution in [0.1, 0.15) is 15.9 Å². The van der Waals surface area contributed by atoms with Crippen LogP contribution in [-0.4, -0.2) is 10.9 Å². The molecule has 0 bridgehead atoms. The number of aryl methyl sites for hydroxylation is 1. The first-order chi connectivity index (χ1) is 8.95. The topological polar surface area (TPSA) is 42.0 Å². The summed E-state index contributed by atoms with van der Waals surface area (Å²) in [5.74, 6) is 0.365. The van der Waals surface area contributed by atoms with E-state index in [-0.39, 0.29) is 5.91 Å². The number of nitrogens with one attached hydrogen (secondary N) is 1. The van der Waals surface area contributed by atoms with Crippen LogP contribution >= 0.6 is 47.8 Å². The number of hydrogen-bond donors (Lipinski definition) is 1. The molecule has 0 spiro atoms. The molecular formula is C13H9Br3N2O. The van der Waals surface area contributed by atoms with Gasteiger partial charge in [0.25, 0.3) is 5.91 Å². The molecule has 0 radical (unpaired) electrons. The van der Waals surface area contributed by atoms with Crippen LogP contribution < -0.4 is 5.32 Å². The summed E-state index contributed by atoms with van der Waals surface area (Å²) >= 11 is 10.1. The molecule has 0 aliphatic carbocycles. The van der Waals surface area contributed by atoms with Gasteiger partial charge in [-0.25, -0.2) is 4.98 Å². The Hall–Kier alpha value is -0.720. The van der Waals surface area contributed by atoms with Crippen molar-refractivity contribution in [3.8, 4) is 0 Å². The maximum atomic E-state index is 12.2. The molecule has 1 amide bonds. The molecule has 1 aromatic heterocycles. The van der Waals surface area contributed by atoms with Crippen molar-refractivity contribution in [3.63, 3.8) is 0 Å². The average Bonchev–Trinajstić information content (AvgIpc) is 2.31. The molecule has 0 fully saturated rings. The number of carbonyl (C=O) groups excluding carboxylic acids is 1. The van der Waals surface area contributed by atoms with Gasteiger partial charge in [-0.15, -0.1) is 0 Å². The van der Waals surface area contributed by atoms with E-state index in [1.54, 1.807) is 18.3 Å². The second-order valence-corrected chi connectivity index (χ2v) is 6.68. The van der Waals surface area contributed by atoms with Gasteiger partial charge in [-0.05, 0) is 52.7 Å². The molecule has 6 heteroatoms. The lowest BCUT2D eigenvalue weighted by Gasteiger charge is -2.08.